The van der Waals surface area contributed by atoms with Crippen LogP contribution in [0.4, 0.5) is 4.39 Å². The molecule has 28 heavy (non-hydrogen) atoms. The van der Waals surface area contributed by atoms with Crippen LogP contribution in [0.25, 0.3) is 11.1 Å². The van der Waals surface area contributed by atoms with Crippen LogP contribution in [0.3, 0.4) is 0 Å². The fourth-order valence-corrected chi connectivity index (χ4v) is 2.83. The van der Waals surface area contributed by atoms with Gasteiger partial charge in [0.2, 0.25) is 0 Å². The van der Waals surface area contributed by atoms with Crippen LogP contribution in [0.5, 0.6) is 5.75 Å². The summed E-state index contributed by atoms with van der Waals surface area (Å²) in [5.74, 6) is -1.50. The molecule has 0 heterocycles. The zero-order valence-electron chi connectivity index (χ0n) is 14.6. The molecule has 0 saturated carbocycles. The van der Waals surface area contributed by atoms with Crippen LogP contribution in [0.1, 0.15) is 10.4 Å². The van der Waals surface area contributed by atoms with Gasteiger partial charge in [-0.2, -0.15) is 0 Å². The molecule has 0 aliphatic heterocycles. The lowest BCUT2D eigenvalue weighted by atomic mass is 10.1. The molecule has 142 valence electrons. The van der Waals surface area contributed by atoms with Crippen molar-refractivity contribution >= 4 is 27.7 Å². The molecule has 0 bridgehead atoms. The number of hydrogen-bond donors (Lipinski definition) is 2. The van der Waals surface area contributed by atoms with E-state index >= 15 is 0 Å². The van der Waals surface area contributed by atoms with Gasteiger partial charge in [0, 0.05) is 10.0 Å². The first-order valence-electron chi connectivity index (χ1n) is 8.36. The average Bonchev–Trinajstić information content (AvgIpc) is 2.71. The van der Waals surface area contributed by atoms with Gasteiger partial charge in [-0.15, -0.1) is 0 Å². The number of hydrogen-bond acceptors (Lipinski definition) is 3. The average molecular weight is 443 g/mol. The molecule has 7 heteroatoms. The number of nitrogens with one attached hydrogen (secondary N) is 2. The van der Waals surface area contributed by atoms with Gasteiger partial charge in [0.1, 0.15) is 11.6 Å². The molecule has 0 unspecified atom stereocenters. The highest BCUT2D eigenvalue weighted by molar-refractivity contribution is 9.10. The van der Waals surface area contributed by atoms with Crippen molar-refractivity contribution in [3.63, 3.8) is 0 Å². The van der Waals surface area contributed by atoms with Gasteiger partial charge in [-0.25, -0.2) is 4.39 Å². The summed E-state index contributed by atoms with van der Waals surface area (Å²) in [6.07, 6.45) is 0. The Morgan fingerprint density at radius 1 is 0.929 bits per heavy atom. The molecule has 0 fully saturated rings. The first-order chi connectivity index (χ1) is 13.5. The van der Waals surface area contributed by atoms with E-state index in [9.17, 15) is 14.0 Å². The molecule has 0 aromatic heterocycles. The van der Waals surface area contributed by atoms with Crippen LogP contribution in [0.15, 0.2) is 77.3 Å². The number of ether oxygens (including phenoxy) is 1. The van der Waals surface area contributed by atoms with E-state index in [1.807, 2.05) is 42.5 Å². The summed E-state index contributed by atoms with van der Waals surface area (Å²) in [7, 11) is 0. The number of benzene rings is 3. The van der Waals surface area contributed by atoms with Crippen molar-refractivity contribution < 1.29 is 18.7 Å². The van der Waals surface area contributed by atoms with Crippen molar-refractivity contribution in [3.05, 3.63) is 88.6 Å². The van der Waals surface area contributed by atoms with E-state index in [4.69, 9.17) is 4.74 Å². The Kier molecular flexibility index (Phi) is 6.39. The maximum atomic E-state index is 13.8. The standard InChI is InChI=1S/C21H16BrFN2O3/c22-15-10-11-17(18(23)12-15)21(27)25-24-20(26)13-28-19-9-5-4-8-16(19)14-6-2-1-3-7-14/h1-12H,13H2,(H,24,26)(H,25,27). The fraction of sp³-hybridized carbons (Fsp3) is 0.0476. The zero-order chi connectivity index (χ0) is 19.9. The molecule has 5 nitrogen and oxygen atoms in total. The quantitative estimate of drug-likeness (QED) is 0.584. The Bertz CT molecular complexity index is 996. The lowest BCUT2D eigenvalue weighted by Crippen LogP contribution is -2.44. The van der Waals surface area contributed by atoms with Crippen LogP contribution in [0, 0.1) is 5.82 Å². The SMILES string of the molecule is O=C(COc1ccccc1-c1ccccc1)NNC(=O)c1ccc(Br)cc1F. The van der Waals surface area contributed by atoms with E-state index < -0.39 is 17.6 Å². The third-order valence-corrected chi connectivity index (χ3v) is 4.32. The van der Waals surface area contributed by atoms with E-state index in [0.29, 0.717) is 10.2 Å². The largest absolute Gasteiger partial charge is 0.483 e. The highest BCUT2D eigenvalue weighted by Crippen LogP contribution is 2.29. The van der Waals surface area contributed by atoms with Crippen molar-refractivity contribution in [2.75, 3.05) is 6.61 Å². The number of para-hydroxylation sites is 1. The molecule has 0 spiro atoms. The van der Waals surface area contributed by atoms with Gasteiger partial charge >= 0.3 is 0 Å². The first-order valence-corrected chi connectivity index (χ1v) is 9.15. The molecular weight excluding hydrogens is 427 g/mol. The lowest BCUT2D eigenvalue weighted by Gasteiger charge is -2.12. The van der Waals surface area contributed by atoms with Crippen molar-refractivity contribution in [3.8, 4) is 16.9 Å². The predicted molar refractivity (Wildman–Crippen MR) is 107 cm³/mol. The minimum atomic E-state index is -0.761. The van der Waals surface area contributed by atoms with E-state index in [1.54, 1.807) is 12.1 Å². The molecule has 0 radical (unpaired) electrons. The molecule has 2 N–H and O–H groups in total. The van der Waals surface area contributed by atoms with Crippen LogP contribution < -0.4 is 15.6 Å². The Hall–Kier alpha value is -3.19. The van der Waals surface area contributed by atoms with Gasteiger partial charge < -0.3 is 4.74 Å². The van der Waals surface area contributed by atoms with E-state index in [1.165, 1.54) is 18.2 Å². The summed E-state index contributed by atoms with van der Waals surface area (Å²) >= 11 is 3.11. The normalized spacial score (nSPS) is 10.2. The summed E-state index contributed by atoms with van der Waals surface area (Å²) < 4.78 is 19.9. The van der Waals surface area contributed by atoms with Crippen molar-refractivity contribution in [1.29, 1.82) is 0 Å². The second-order valence-electron chi connectivity index (χ2n) is 5.78. The second kappa shape index (κ2) is 9.14. The molecule has 3 aromatic rings. The minimum absolute atomic E-state index is 0.182. The summed E-state index contributed by atoms with van der Waals surface area (Å²) in [4.78, 5) is 24.0. The topological polar surface area (TPSA) is 67.4 Å². The molecule has 3 aromatic carbocycles. The molecule has 2 amide bonds. The smallest absolute Gasteiger partial charge is 0.276 e. The zero-order valence-corrected chi connectivity index (χ0v) is 16.2. The number of carbonyl (C=O) groups is 2. The van der Waals surface area contributed by atoms with Crippen LogP contribution in [0.2, 0.25) is 0 Å². The lowest BCUT2D eigenvalue weighted by molar-refractivity contribution is -0.123. The van der Waals surface area contributed by atoms with E-state index in [-0.39, 0.29) is 12.2 Å². The number of hydrazine groups is 1. The van der Waals surface area contributed by atoms with Crippen LogP contribution in [-0.4, -0.2) is 18.4 Å². The highest BCUT2D eigenvalue weighted by atomic mass is 79.9. The first kappa shape index (κ1) is 19.6. The molecule has 0 aliphatic rings. The number of halogens is 2. The van der Waals surface area contributed by atoms with Crippen molar-refractivity contribution in [2.45, 2.75) is 0 Å². The van der Waals surface area contributed by atoms with Gasteiger partial charge in [-0.3, -0.25) is 20.4 Å². The third kappa shape index (κ3) is 4.95. The molecule has 3 rings (SSSR count). The van der Waals surface area contributed by atoms with E-state index in [0.717, 1.165) is 11.1 Å². The Balaban J connectivity index is 1.57. The van der Waals surface area contributed by atoms with E-state index in [2.05, 4.69) is 26.8 Å². The predicted octanol–water partition coefficient (Wildman–Crippen LogP) is 4.10. The van der Waals surface area contributed by atoms with Gasteiger partial charge in [-0.1, -0.05) is 64.5 Å². The monoisotopic (exact) mass is 442 g/mol. The number of rotatable bonds is 5. The van der Waals surface area contributed by atoms with Gasteiger partial charge in [0.15, 0.2) is 6.61 Å². The summed E-state index contributed by atoms with van der Waals surface area (Å²) in [6, 6.07) is 21.0. The maximum absolute atomic E-state index is 13.8. The van der Waals surface area contributed by atoms with Crippen LogP contribution >= 0.6 is 15.9 Å². The van der Waals surface area contributed by atoms with Gasteiger partial charge in [0.25, 0.3) is 11.8 Å². The highest BCUT2D eigenvalue weighted by Gasteiger charge is 2.13. The second-order valence-corrected chi connectivity index (χ2v) is 6.69. The molecule has 0 aliphatic carbocycles. The maximum Gasteiger partial charge on any atom is 0.276 e. The summed E-state index contributed by atoms with van der Waals surface area (Å²) in [5.41, 5.74) is 6.00. The Morgan fingerprint density at radius 3 is 2.39 bits per heavy atom. The molecule has 0 saturated heterocycles. The third-order valence-electron chi connectivity index (χ3n) is 3.82. The summed E-state index contributed by atoms with van der Waals surface area (Å²) in [5, 5.41) is 0. The Labute approximate surface area is 169 Å². The molecular formula is C21H16BrFN2O3. The Morgan fingerprint density at radius 2 is 1.64 bits per heavy atom. The van der Waals surface area contributed by atoms with Gasteiger partial charge in [0.05, 0.1) is 5.56 Å². The fourth-order valence-electron chi connectivity index (χ4n) is 2.50. The van der Waals surface area contributed by atoms with Crippen LogP contribution in [-0.2, 0) is 4.79 Å². The number of amides is 2. The van der Waals surface area contributed by atoms with Crippen molar-refractivity contribution in [2.24, 2.45) is 0 Å². The number of carbonyl (C=O) groups excluding carboxylic acids is 2. The van der Waals surface area contributed by atoms with Crippen molar-refractivity contribution in [1.82, 2.24) is 10.9 Å². The summed E-state index contributed by atoms with van der Waals surface area (Å²) in [6.45, 7) is -0.313. The molecule has 0 atom stereocenters. The van der Waals surface area contributed by atoms with Gasteiger partial charge in [-0.05, 0) is 29.8 Å². The minimum Gasteiger partial charge on any atom is -0.483 e.